The van der Waals surface area contributed by atoms with Crippen molar-refractivity contribution in [1.82, 2.24) is 4.72 Å². The summed E-state index contributed by atoms with van der Waals surface area (Å²) < 4.78 is 30.6. The number of carbonyl (C=O) groups excluding carboxylic acids is 2. The van der Waals surface area contributed by atoms with E-state index in [2.05, 4.69) is 4.72 Å². The van der Waals surface area contributed by atoms with Gasteiger partial charge < -0.3 is 14.2 Å². The fraction of sp³-hybridized carbons (Fsp3) is 0.579. The minimum Gasteiger partial charge on any atom is -0.466 e. The lowest BCUT2D eigenvalue weighted by Gasteiger charge is -2.33. The molecule has 0 bridgehead atoms. The predicted molar refractivity (Wildman–Crippen MR) is 108 cm³/mol. The van der Waals surface area contributed by atoms with Crippen molar-refractivity contribution in [2.24, 2.45) is 0 Å². The van der Waals surface area contributed by atoms with Gasteiger partial charge in [0.1, 0.15) is 16.6 Å². The number of halogens is 1. The van der Waals surface area contributed by atoms with E-state index in [1.165, 1.54) is 0 Å². The topological polar surface area (TPSA) is 90.9 Å². The first-order chi connectivity index (χ1) is 12.7. The van der Waals surface area contributed by atoms with Crippen LogP contribution in [0.25, 0.3) is 0 Å². The monoisotopic (exact) mass is 433 g/mol. The van der Waals surface area contributed by atoms with Gasteiger partial charge in [0.05, 0.1) is 22.9 Å². The predicted octanol–water partition coefficient (Wildman–Crippen LogP) is 3.49. The van der Waals surface area contributed by atoms with Gasteiger partial charge in [0.15, 0.2) is 0 Å². The third-order valence-electron chi connectivity index (χ3n) is 3.56. The van der Waals surface area contributed by atoms with Gasteiger partial charge in [0, 0.05) is 0 Å². The van der Waals surface area contributed by atoms with Crippen molar-refractivity contribution in [3.05, 3.63) is 29.8 Å². The molecule has 1 rings (SSSR count). The van der Waals surface area contributed by atoms with E-state index < -0.39 is 45.7 Å². The summed E-state index contributed by atoms with van der Waals surface area (Å²) >= 11 is 6.43. The number of aryl methyl sites for hydroxylation is 1. The normalized spacial score (nSPS) is 15.3. The Morgan fingerprint density at radius 3 is 2.07 bits per heavy atom. The number of rotatable bonds is 7. The minimum atomic E-state index is -1.72. The molecule has 1 aromatic carbocycles. The molecule has 0 radical (unpaired) electrons. The lowest BCUT2D eigenvalue weighted by Crippen LogP contribution is -2.56. The van der Waals surface area contributed by atoms with E-state index in [1.54, 1.807) is 46.8 Å². The van der Waals surface area contributed by atoms with Gasteiger partial charge in [-0.15, -0.1) is 11.6 Å². The average Bonchev–Trinajstić information content (AvgIpc) is 2.55. The number of ether oxygens (including phenoxy) is 3. The number of methoxy groups -OCH3 is 1. The molecular formula is C19H28ClNO6S. The molecule has 0 aliphatic heterocycles. The second kappa shape index (κ2) is 9.71. The van der Waals surface area contributed by atoms with E-state index in [0.29, 0.717) is 4.90 Å². The lowest BCUT2D eigenvalue weighted by atomic mass is 9.98. The van der Waals surface area contributed by atoms with Crippen molar-refractivity contribution in [3.63, 3.8) is 0 Å². The van der Waals surface area contributed by atoms with Gasteiger partial charge in [-0.3, -0.25) is 0 Å². The standard InChI is InChI=1S/C19H28ClNO6S/c1-12-8-10-13(11-9-12)28(24)21-15(19(5,6)20)14(16(22)25-7)26-17(23)27-18(2,3)4/h8-11,14-15,21H,1-7H3/t14-,15-,28-/m0/s1. The van der Waals surface area contributed by atoms with Crippen LogP contribution in [0, 0.1) is 6.92 Å². The first-order valence-corrected chi connectivity index (χ1v) is 10.2. The Morgan fingerprint density at radius 1 is 1.11 bits per heavy atom. The van der Waals surface area contributed by atoms with Crippen LogP contribution in [-0.2, 0) is 30.0 Å². The van der Waals surface area contributed by atoms with E-state index in [9.17, 15) is 13.8 Å². The van der Waals surface area contributed by atoms with Crippen LogP contribution in [0.3, 0.4) is 0 Å². The molecule has 1 aromatic rings. The summed E-state index contributed by atoms with van der Waals surface area (Å²) in [4.78, 5) is 23.8. The van der Waals surface area contributed by atoms with Crippen molar-refractivity contribution in [3.8, 4) is 0 Å². The number of carbonyl (C=O) groups is 2. The summed E-state index contributed by atoms with van der Waals surface area (Å²) in [6, 6.07) is 5.98. The molecule has 7 nitrogen and oxygen atoms in total. The Hall–Kier alpha value is -1.64. The zero-order chi connectivity index (χ0) is 21.7. The van der Waals surface area contributed by atoms with E-state index in [1.807, 2.05) is 19.1 Å². The molecule has 9 heteroatoms. The molecule has 0 aliphatic carbocycles. The second-order valence-electron chi connectivity index (χ2n) is 7.77. The van der Waals surface area contributed by atoms with Crippen LogP contribution < -0.4 is 4.72 Å². The van der Waals surface area contributed by atoms with E-state index in [0.717, 1.165) is 12.7 Å². The van der Waals surface area contributed by atoms with Crippen molar-refractivity contribution in [2.75, 3.05) is 7.11 Å². The summed E-state index contributed by atoms with van der Waals surface area (Å²) in [5, 5.41) is 0. The fourth-order valence-electron chi connectivity index (χ4n) is 2.15. The number of esters is 1. The Kier molecular flexibility index (Phi) is 8.46. The summed E-state index contributed by atoms with van der Waals surface area (Å²) in [6.45, 7) is 10.1. The third kappa shape index (κ3) is 7.77. The fourth-order valence-corrected chi connectivity index (χ4v) is 3.56. The molecule has 28 heavy (non-hydrogen) atoms. The smallest absolute Gasteiger partial charge is 0.466 e. The molecule has 0 spiro atoms. The highest BCUT2D eigenvalue weighted by Gasteiger charge is 2.43. The minimum absolute atomic E-state index is 0.484. The number of nitrogens with one attached hydrogen (secondary N) is 1. The number of alkyl halides is 1. The molecule has 1 N–H and O–H groups in total. The molecule has 158 valence electrons. The van der Waals surface area contributed by atoms with Gasteiger partial charge in [0.25, 0.3) is 0 Å². The van der Waals surface area contributed by atoms with Crippen molar-refractivity contribution in [1.29, 1.82) is 0 Å². The SMILES string of the molecule is COC(=O)[C@@H](OC(=O)OC(C)(C)C)[C@H](N[S@@](=O)c1ccc(C)cc1)C(C)(C)Cl. The first kappa shape index (κ1) is 24.4. The maximum atomic E-state index is 12.8. The van der Waals surface area contributed by atoms with Crippen LogP contribution in [0.4, 0.5) is 4.79 Å². The van der Waals surface area contributed by atoms with Crippen molar-refractivity contribution < 1.29 is 28.0 Å². The summed E-state index contributed by atoms with van der Waals surface area (Å²) in [5.41, 5.74) is 0.192. The largest absolute Gasteiger partial charge is 0.509 e. The Morgan fingerprint density at radius 2 is 1.64 bits per heavy atom. The Balaban J connectivity index is 3.13. The zero-order valence-corrected chi connectivity index (χ0v) is 18.8. The molecule has 0 saturated heterocycles. The van der Waals surface area contributed by atoms with Crippen LogP contribution >= 0.6 is 11.6 Å². The molecule has 0 aliphatic rings. The molecule has 0 unspecified atom stereocenters. The summed E-state index contributed by atoms with van der Waals surface area (Å²) in [7, 11) is -0.560. The Bertz CT molecular complexity index is 709. The van der Waals surface area contributed by atoms with Crippen LogP contribution in [0.2, 0.25) is 0 Å². The molecular weight excluding hydrogens is 406 g/mol. The maximum absolute atomic E-state index is 12.8. The van der Waals surface area contributed by atoms with Gasteiger partial charge in [-0.2, -0.15) is 0 Å². The van der Waals surface area contributed by atoms with Crippen LogP contribution in [-0.4, -0.2) is 46.1 Å². The molecule has 0 fully saturated rings. The summed E-state index contributed by atoms with van der Waals surface area (Å²) in [6.07, 6.45) is -2.53. The quantitative estimate of drug-likeness (QED) is 0.522. The van der Waals surface area contributed by atoms with Gasteiger partial charge in [0.2, 0.25) is 6.10 Å². The average molecular weight is 434 g/mol. The first-order valence-electron chi connectivity index (χ1n) is 8.65. The number of hydrogen-bond donors (Lipinski definition) is 1. The van der Waals surface area contributed by atoms with E-state index in [4.69, 9.17) is 25.8 Å². The molecule has 0 amide bonds. The molecule has 0 saturated carbocycles. The summed E-state index contributed by atoms with van der Waals surface area (Å²) in [5.74, 6) is -0.849. The van der Waals surface area contributed by atoms with Crippen molar-refractivity contribution in [2.45, 2.75) is 69.1 Å². The van der Waals surface area contributed by atoms with Crippen LogP contribution in [0.15, 0.2) is 29.2 Å². The number of hydrogen-bond acceptors (Lipinski definition) is 6. The van der Waals surface area contributed by atoms with Crippen LogP contribution in [0.5, 0.6) is 0 Å². The second-order valence-corrected chi connectivity index (χ2v) is 9.99. The molecule has 3 atom stereocenters. The van der Waals surface area contributed by atoms with Crippen LogP contribution in [0.1, 0.15) is 40.2 Å². The zero-order valence-electron chi connectivity index (χ0n) is 17.2. The van der Waals surface area contributed by atoms with E-state index in [-0.39, 0.29) is 0 Å². The van der Waals surface area contributed by atoms with Gasteiger partial charge in [-0.1, -0.05) is 17.7 Å². The molecule has 0 heterocycles. The van der Waals surface area contributed by atoms with Gasteiger partial charge in [-0.25, -0.2) is 18.5 Å². The lowest BCUT2D eigenvalue weighted by molar-refractivity contribution is -0.155. The van der Waals surface area contributed by atoms with Crippen molar-refractivity contribution >= 4 is 34.7 Å². The van der Waals surface area contributed by atoms with Gasteiger partial charge in [-0.05, 0) is 53.7 Å². The number of benzene rings is 1. The highest BCUT2D eigenvalue weighted by Crippen LogP contribution is 2.25. The third-order valence-corrected chi connectivity index (χ3v) is 4.96. The van der Waals surface area contributed by atoms with E-state index >= 15 is 0 Å². The molecule has 0 aromatic heterocycles. The maximum Gasteiger partial charge on any atom is 0.509 e. The Labute approximate surface area is 173 Å². The highest BCUT2D eigenvalue weighted by atomic mass is 35.5. The highest BCUT2D eigenvalue weighted by molar-refractivity contribution is 7.83. The van der Waals surface area contributed by atoms with Gasteiger partial charge >= 0.3 is 12.1 Å².